The van der Waals surface area contributed by atoms with E-state index in [1.165, 1.54) is 19.3 Å². The molecule has 1 saturated carbocycles. The van der Waals surface area contributed by atoms with Gasteiger partial charge in [-0.2, -0.15) is 0 Å². The Bertz CT molecular complexity index is 1600. The molecule has 1 fully saturated rings. The van der Waals surface area contributed by atoms with Crippen molar-refractivity contribution in [1.82, 2.24) is 14.5 Å². The average molecular weight is 478 g/mol. The minimum Gasteiger partial charge on any atom is -0.497 e. The lowest BCUT2D eigenvalue weighted by atomic mass is 9.94. The molecule has 0 bridgehead atoms. The lowest BCUT2D eigenvalue weighted by Crippen LogP contribution is -2.14. The molecule has 0 saturated heterocycles. The SMILES string of the molecule is COc1cccc(-c2ccc3cc(-c4nc5cc(C(=O)O)ccc5n4C4CCCCC4)ccc3n2)c1. The van der Waals surface area contributed by atoms with Gasteiger partial charge in [0.05, 0.1) is 34.9 Å². The third-order valence-electron chi connectivity index (χ3n) is 7.19. The van der Waals surface area contributed by atoms with Gasteiger partial charge in [-0.15, -0.1) is 0 Å². The minimum atomic E-state index is -0.936. The topological polar surface area (TPSA) is 77.2 Å². The smallest absolute Gasteiger partial charge is 0.335 e. The van der Waals surface area contributed by atoms with Crippen LogP contribution in [0.2, 0.25) is 0 Å². The van der Waals surface area contributed by atoms with Crippen molar-refractivity contribution in [2.45, 2.75) is 38.1 Å². The molecule has 0 amide bonds. The number of imidazole rings is 1. The van der Waals surface area contributed by atoms with Gasteiger partial charge in [0.2, 0.25) is 0 Å². The monoisotopic (exact) mass is 477 g/mol. The highest BCUT2D eigenvalue weighted by molar-refractivity contribution is 5.94. The van der Waals surface area contributed by atoms with Gasteiger partial charge < -0.3 is 14.4 Å². The Hall–Kier alpha value is -4.19. The van der Waals surface area contributed by atoms with E-state index in [1.807, 2.05) is 42.5 Å². The lowest BCUT2D eigenvalue weighted by Gasteiger charge is -2.25. The molecule has 6 rings (SSSR count). The molecule has 36 heavy (non-hydrogen) atoms. The first-order valence-electron chi connectivity index (χ1n) is 12.4. The number of carboxylic acids is 1. The number of pyridine rings is 1. The van der Waals surface area contributed by atoms with Gasteiger partial charge in [-0.25, -0.2) is 14.8 Å². The summed E-state index contributed by atoms with van der Waals surface area (Å²) in [6.07, 6.45) is 5.88. The molecule has 1 aliphatic carbocycles. The molecule has 0 radical (unpaired) electrons. The maximum absolute atomic E-state index is 11.6. The van der Waals surface area contributed by atoms with E-state index in [1.54, 1.807) is 19.2 Å². The predicted molar refractivity (Wildman–Crippen MR) is 142 cm³/mol. The Kier molecular flexibility index (Phi) is 5.64. The standard InChI is InChI=1S/C30H27N3O3/c1-36-24-9-5-6-19(17-24)25-13-10-20-16-21(11-14-26(20)31-25)29-32-27-18-22(30(34)35)12-15-28(27)33(29)23-7-3-2-4-8-23/h5-6,9-18,23H,2-4,7-8H2,1H3,(H,34,35). The van der Waals surface area contributed by atoms with E-state index in [-0.39, 0.29) is 5.56 Å². The predicted octanol–water partition coefficient (Wildman–Crippen LogP) is 7.13. The molecular weight excluding hydrogens is 450 g/mol. The summed E-state index contributed by atoms with van der Waals surface area (Å²) >= 11 is 0. The summed E-state index contributed by atoms with van der Waals surface area (Å²) in [6, 6.07) is 23.9. The van der Waals surface area contributed by atoms with Crippen molar-refractivity contribution >= 4 is 27.9 Å². The summed E-state index contributed by atoms with van der Waals surface area (Å²) in [7, 11) is 1.66. The first kappa shape index (κ1) is 22.3. The number of fused-ring (bicyclic) bond motifs is 2. The zero-order valence-corrected chi connectivity index (χ0v) is 20.1. The van der Waals surface area contributed by atoms with Crippen molar-refractivity contribution in [2.24, 2.45) is 0 Å². The number of ether oxygens (including phenoxy) is 1. The van der Waals surface area contributed by atoms with E-state index in [0.29, 0.717) is 6.04 Å². The summed E-state index contributed by atoms with van der Waals surface area (Å²) < 4.78 is 7.70. The Morgan fingerprint density at radius 2 is 1.75 bits per heavy atom. The third-order valence-corrected chi connectivity index (χ3v) is 7.19. The Morgan fingerprint density at radius 1 is 0.889 bits per heavy atom. The maximum Gasteiger partial charge on any atom is 0.335 e. The zero-order chi connectivity index (χ0) is 24.6. The quantitative estimate of drug-likeness (QED) is 0.291. The summed E-state index contributed by atoms with van der Waals surface area (Å²) in [4.78, 5) is 21.4. The molecule has 1 aliphatic rings. The molecule has 6 nitrogen and oxygen atoms in total. The van der Waals surface area contributed by atoms with Gasteiger partial charge in [-0.05, 0) is 67.4 Å². The van der Waals surface area contributed by atoms with Crippen molar-refractivity contribution in [1.29, 1.82) is 0 Å². The maximum atomic E-state index is 11.6. The summed E-state index contributed by atoms with van der Waals surface area (Å²) in [6.45, 7) is 0. The van der Waals surface area contributed by atoms with Crippen LogP contribution in [0.25, 0.3) is 44.6 Å². The average Bonchev–Trinajstić information content (AvgIpc) is 3.32. The van der Waals surface area contributed by atoms with E-state index < -0.39 is 5.97 Å². The number of benzene rings is 3. The number of methoxy groups -OCH3 is 1. The molecule has 0 spiro atoms. The summed E-state index contributed by atoms with van der Waals surface area (Å²) in [5.74, 6) is 0.755. The molecule has 180 valence electrons. The van der Waals surface area contributed by atoms with Crippen LogP contribution in [0.4, 0.5) is 0 Å². The van der Waals surface area contributed by atoms with Gasteiger partial charge in [0.25, 0.3) is 0 Å². The Labute approximate surface area is 209 Å². The highest BCUT2D eigenvalue weighted by atomic mass is 16.5. The van der Waals surface area contributed by atoms with Crippen LogP contribution < -0.4 is 4.74 Å². The second-order valence-corrected chi connectivity index (χ2v) is 9.44. The highest BCUT2D eigenvalue weighted by Gasteiger charge is 2.23. The van der Waals surface area contributed by atoms with Crippen LogP contribution in [0, 0.1) is 0 Å². The number of aromatic nitrogens is 3. The number of nitrogens with zero attached hydrogens (tertiary/aromatic N) is 3. The van der Waals surface area contributed by atoms with Gasteiger partial charge >= 0.3 is 5.97 Å². The van der Waals surface area contributed by atoms with E-state index in [2.05, 4.69) is 22.8 Å². The van der Waals surface area contributed by atoms with Crippen molar-refractivity contribution in [3.8, 4) is 28.4 Å². The molecular formula is C30H27N3O3. The van der Waals surface area contributed by atoms with Crippen LogP contribution in [0.3, 0.4) is 0 Å². The first-order valence-corrected chi connectivity index (χ1v) is 12.4. The van der Waals surface area contributed by atoms with Crippen LogP contribution in [0.1, 0.15) is 48.5 Å². The third kappa shape index (κ3) is 3.98. The second kappa shape index (κ2) is 9.11. The van der Waals surface area contributed by atoms with Crippen molar-refractivity contribution in [2.75, 3.05) is 7.11 Å². The van der Waals surface area contributed by atoms with E-state index in [0.717, 1.165) is 63.2 Å². The van der Waals surface area contributed by atoms with Gasteiger partial charge in [-0.3, -0.25) is 0 Å². The fraction of sp³-hybridized carbons (Fsp3) is 0.233. The fourth-order valence-electron chi connectivity index (χ4n) is 5.35. The molecule has 0 aliphatic heterocycles. The number of aromatic carboxylic acids is 1. The molecule has 0 atom stereocenters. The minimum absolute atomic E-state index is 0.259. The van der Waals surface area contributed by atoms with Gasteiger partial charge in [0.1, 0.15) is 11.6 Å². The van der Waals surface area contributed by atoms with Gasteiger partial charge in [-0.1, -0.05) is 37.5 Å². The summed E-state index contributed by atoms with van der Waals surface area (Å²) in [5, 5.41) is 10.5. The van der Waals surface area contributed by atoms with Gasteiger partial charge in [0.15, 0.2) is 0 Å². The number of hydrogen-bond acceptors (Lipinski definition) is 4. The van der Waals surface area contributed by atoms with E-state index in [9.17, 15) is 9.90 Å². The number of carboxylic acid groups (broad SMARTS) is 1. The molecule has 2 heterocycles. The largest absolute Gasteiger partial charge is 0.497 e. The van der Waals surface area contributed by atoms with Crippen molar-refractivity contribution in [3.63, 3.8) is 0 Å². The fourth-order valence-corrected chi connectivity index (χ4v) is 5.35. The normalized spacial score (nSPS) is 14.4. The van der Waals surface area contributed by atoms with Crippen LogP contribution in [0.15, 0.2) is 72.8 Å². The summed E-state index contributed by atoms with van der Waals surface area (Å²) in [5.41, 5.74) is 5.80. The van der Waals surface area contributed by atoms with E-state index >= 15 is 0 Å². The van der Waals surface area contributed by atoms with Gasteiger partial charge in [0, 0.05) is 22.6 Å². The van der Waals surface area contributed by atoms with Crippen LogP contribution in [-0.2, 0) is 0 Å². The molecule has 0 unspecified atom stereocenters. The van der Waals surface area contributed by atoms with Crippen LogP contribution in [0.5, 0.6) is 5.75 Å². The van der Waals surface area contributed by atoms with Crippen molar-refractivity contribution < 1.29 is 14.6 Å². The number of carbonyl (C=O) groups is 1. The Balaban J connectivity index is 1.46. The molecule has 6 heteroatoms. The lowest BCUT2D eigenvalue weighted by molar-refractivity contribution is 0.0697. The second-order valence-electron chi connectivity index (χ2n) is 9.44. The molecule has 2 aromatic heterocycles. The van der Waals surface area contributed by atoms with E-state index in [4.69, 9.17) is 14.7 Å². The number of hydrogen-bond donors (Lipinski definition) is 1. The molecule has 3 aromatic carbocycles. The number of rotatable bonds is 5. The Morgan fingerprint density at radius 3 is 2.56 bits per heavy atom. The molecule has 1 N–H and O–H groups in total. The van der Waals surface area contributed by atoms with Crippen LogP contribution in [-0.4, -0.2) is 32.7 Å². The molecule has 5 aromatic rings. The first-order chi connectivity index (χ1) is 17.6. The highest BCUT2D eigenvalue weighted by Crippen LogP contribution is 2.37. The van der Waals surface area contributed by atoms with Crippen molar-refractivity contribution in [3.05, 3.63) is 78.4 Å². The van der Waals surface area contributed by atoms with Crippen LogP contribution >= 0.6 is 0 Å². The zero-order valence-electron chi connectivity index (χ0n) is 20.1.